The molecule has 16 heavy (non-hydrogen) atoms. The van der Waals surface area contributed by atoms with Gasteiger partial charge in [0.1, 0.15) is 0 Å². The van der Waals surface area contributed by atoms with Gasteiger partial charge >= 0.3 is 0 Å². The molecule has 2 aliphatic rings. The molecule has 0 amide bonds. The lowest BCUT2D eigenvalue weighted by Gasteiger charge is -2.42. The summed E-state index contributed by atoms with van der Waals surface area (Å²) in [5.41, 5.74) is 0. The predicted octanol–water partition coefficient (Wildman–Crippen LogP) is -0.502. The highest BCUT2D eigenvalue weighted by Gasteiger charge is 2.22. The second-order valence-electron chi connectivity index (χ2n) is 4.35. The van der Waals surface area contributed by atoms with Crippen LogP contribution >= 0.6 is 0 Å². The van der Waals surface area contributed by atoms with Crippen molar-refractivity contribution in [2.75, 3.05) is 72.7 Å². The highest BCUT2D eigenvalue weighted by Crippen LogP contribution is 2.07. The fourth-order valence-corrected chi connectivity index (χ4v) is 2.30. The molecule has 2 rings (SSSR count). The van der Waals surface area contributed by atoms with E-state index in [9.17, 15) is 0 Å². The van der Waals surface area contributed by atoms with Crippen molar-refractivity contribution in [1.82, 2.24) is 14.9 Å². The summed E-state index contributed by atoms with van der Waals surface area (Å²) < 4.78 is 10.5. The number of nitrogens with zero attached hydrogens (tertiary/aromatic N) is 3. The Morgan fingerprint density at radius 3 is 2.19 bits per heavy atom. The van der Waals surface area contributed by atoms with Gasteiger partial charge in [-0.1, -0.05) is 0 Å². The van der Waals surface area contributed by atoms with Crippen LogP contribution in [0, 0.1) is 0 Å². The predicted molar refractivity (Wildman–Crippen MR) is 62.3 cm³/mol. The van der Waals surface area contributed by atoms with E-state index in [0.717, 1.165) is 65.6 Å². The van der Waals surface area contributed by atoms with E-state index in [-0.39, 0.29) is 0 Å². The molecule has 2 aliphatic heterocycles. The minimum absolute atomic E-state index is 0.845. The van der Waals surface area contributed by atoms with Crippen LogP contribution in [0.2, 0.25) is 0 Å². The molecular formula is C11H23N3O2. The van der Waals surface area contributed by atoms with Crippen LogP contribution in [-0.4, -0.2) is 87.7 Å². The van der Waals surface area contributed by atoms with Crippen LogP contribution in [0.4, 0.5) is 0 Å². The maximum atomic E-state index is 5.37. The number of hydrogen-bond acceptors (Lipinski definition) is 5. The zero-order chi connectivity index (χ0) is 11.2. The molecule has 0 unspecified atom stereocenters. The number of piperazine rings is 1. The Hall–Kier alpha value is -0.200. The lowest BCUT2D eigenvalue weighted by molar-refractivity contribution is -0.108. The third-order valence-corrected chi connectivity index (χ3v) is 3.35. The largest absolute Gasteiger partial charge is 0.383 e. The van der Waals surface area contributed by atoms with Crippen LogP contribution in [0.3, 0.4) is 0 Å². The van der Waals surface area contributed by atoms with Crippen LogP contribution in [0.15, 0.2) is 0 Å². The van der Waals surface area contributed by atoms with E-state index < -0.39 is 0 Å². The number of hydrazine groups is 1. The van der Waals surface area contributed by atoms with Crippen LogP contribution in [-0.2, 0) is 9.47 Å². The minimum atomic E-state index is 0.845. The van der Waals surface area contributed by atoms with E-state index in [1.165, 1.54) is 0 Å². The molecule has 5 heteroatoms. The Morgan fingerprint density at radius 1 is 0.938 bits per heavy atom. The molecule has 5 nitrogen and oxygen atoms in total. The molecule has 0 spiro atoms. The first kappa shape index (κ1) is 12.3. The van der Waals surface area contributed by atoms with Crippen molar-refractivity contribution in [2.24, 2.45) is 0 Å². The van der Waals surface area contributed by atoms with Gasteiger partial charge in [0.2, 0.25) is 0 Å². The number of rotatable bonds is 4. The first-order chi connectivity index (χ1) is 7.90. The Balaban J connectivity index is 1.67. The van der Waals surface area contributed by atoms with Gasteiger partial charge in [-0.05, 0) is 0 Å². The first-order valence-corrected chi connectivity index (χ1v) is 6.19. The summed E-state index contributed by atoms with van der Waals surface area (Å²) in [5, 5.41) is 4.92. The van der Waals surface area contributed by atoms with Gasteiger partial charge in [0, 0.05) is 52.9 Å². The third-order valence-electron chi connectivity index (χ3n) is 3.35. The molecule has 0 aromatic carbocycles. The Morgan fingerprint density at radius 2 is 1.56 bits per heavy atom. The summed E-state index contributed by atoms with van der Waals surface area (Å²) in [6.07, 6.45) is 0. The van der Waals surface area contributed by atoms with E-state index in [1.54, 1.807) is 7.11 Å². The highest BCUT2D eigenvalue weighted by molar-refractivity contribution is 4.72. The van der Waals surface area contributed by atoms with Crippen LogP contribution in [0.1, 0.15) is 0 Å². The van der Waals surface area contributed by atoms with Gasteiger partial charge in [-0.25, -0.2) is 10.0 Å². The SMILES string of the molecule is COCCN1CCN(N2CCOCC2)CC1. The molecule has 94 valence electrons. The van der Waals surface area contributed by atoms with Crippen LogP contribution < -0.4 is 0 Å². The molecule has 0 saturated carbocycles. The maximum Gasteiger partial charge on any atom is 0.0608 e. The average Bonchev–Trinajstić information content (AvgIpc) is 2.38. The van der Waals surface area contributed by atoms with Crippen LogP contribution in [0.5, 0.6) is 0 Å². The van der Waals surface area contributed by atoms with Gasteiger partial charge in [-0.2, -0.15) is 0 Å². The summed E-state index contributed by atoms with van der Waals surface area (Å²) in [6.45, 7) is 10.4. The lowest BCUT2D eigenvalue weighted by Crippen LogP contribution is -2.56. The Labute approximate surface area is 97.9 Å². The molecule has 0 radical (unpaired) electrons. The molecule has 0 aromatic heterocycles. The summed E-state index contributed by atoms with van der Waals surface area (Å²) in [6, 6.07) is 0. The van der Waals surface area contributed by atoms with E-state index in [1.807, 2.05) is 0 Å². The zero-order valence-electron chi connectivity index (χ0n) is 10.2. The second-order valence-corrected chi connectivity index (χ2v) is 4.35. The van der Waals surface area contributed by atoms with Crippen molar-refractivity contribution < 1.29 is 9.47 Å². The van der Waals surface area contributed by atoms with Gasteiger partial charge in [0.15, 0.2) is 0 Å². The highest BCUT2D eigenvalue weighted by atomic mass is 16.5. The minimum Gasteiger partial charge on any atom is -0.383 e. The molecule has 2 saturated heterocycles. The maximum absolute atomic E-state index is 5.37. The fraction of sp³-hybridized carbons (Fsp3) is 1.00. The van der Waals surface area contributed by atoms with Crippen molar-refractivity contribution in [3.05, 3.63) is 0 Å². The molecule has 2 heterocycles. The molecular weight excluding hydrogens is 206 g/mol. The Bertz CT molecular complexity index is 190. The second kappa shape index (κ2) is 6.51. The van der Waals surface area contributed by atoms with Gasteiger partial charge in [-0.15, -0.1) is 0 Å². The topological polar surface area (TPSA) is 28.2 Å². The third kappa shape index (κ3) is 3.40. The first-order valence-electron chi connectivity index (χ1n) is 6.19. The Kier molecular flexibility index (Phi) is 4.99. The molecule has 0 aromatic rings. The van der Waals surface area contributed by atoms with Crippen LogP contribution in [0.25, 0.3) is 0 Å². The quantitative estimate of drug-likeness (QED) is 0.648. The van der Waals surface area contributed by atoms with Gasteiger partial charge < -0.3 is 9.47 Å². The van der Waals surface area contributed by atoms with Crippen molar-refractivity contribution in [1.29, 1.82) is 0 Å². The zero-order valence-corrected chi connectivity index (χ0v) is 10.2. The van der Waals surface area contributed by atoms with Gasteiger partial charge in [0.25, 0.3) is 0 Å². The number of methoxy groups -OCH3 is 1. The molecule has 0 N–H and O–H groups in total. The summed E-state index contributed by atoms with van der Waals surface area (Å²) in [7, 11) is 1.77. The molecule has 0 bridgehead atoms. The monoisotopic (exact) mass is 229 g/mol. The fourth-order valence-electron chi connectivity index (χ4n) is 2.30. The normalized spacial score (nSPS) is 26.1. The van der Waals surface area contributed by atoms with E-state index >= 15 is 0 Å². The number of hydrogen-bond donors (Lipinski definition) is 0. The molecule has 2 fully saturated rings. The molecule has 0 atom stereocenters. The smallest absolute Gasteiger partial charge is 0.0608 e. The van der Waals surface area contributed by atoms with Crippen molar-refractivity contribution >= 4 is 0 Å². The van der Waals surface area contributed by atoms with E-state index in [2.05, 4.69) is 14.9 Å². The van der Waals surface area contributed by atoms with Gasteiger partial charge in [-0.3, -0.25) is 4.90 Å². The van der Waals surface area contributed by atoms with Crippen molar-refractivity contribution in [2.45, 2.75) is 0 Å². The number of morpholine rings is 1. The van der Waals surface area contributed by atoms with Gasteiger partial charge in [0.05, 0.1) is 19.8 Å². The average molecular weight is 229 g/mol. The van der Waals surface area contributed by atoms with Crippen molar-refractivity contribution in [3.8, 4) is 0 Å². The summed E-state index contributed by atoms with van der Waals surface area (Å²) in [5.74, 6) is 0. The summed E-state index contributed by atoms with van der Waals surface area (Å²) >= 11 is 0. The molecule has 0 aliphatic carbocycles. The number of ether oxygens (including phenoxy) is 2. The summed E-state index contributed by atoms with van der Waals surface area (Å²) in [4.78, 5) is 2.47. The van der Waals surface area contributed by atoms with Crippen molar-refractivity contribution in [3.63, 3.8) is 0 Å². The van der Waals surface area contributed by atoms with E-state index in [0.29, 0.717) is 0 Å². The standard InChI is InChI=1S/C11H23N3O2/c1-15-9-6-12-2-4-13(5-3-12)14-7-10-16-11-8-14/h2-11H2,1H3. The van der Waals surface area contributed by atoms with E-state index in [4.69, 9.17) is 9.47 Å². The lowest BCUT2D eigenvalue weighted by atomic mass is 10.3.